The second-order valence-corrected chi connectivity index (χ2v) is 4.06. The maximum atomic E-state index is 5.18. The molecule has 1 aliphatic heterocycles. The van der Waals surface area contributed by atoms with E-state index in [9.17, 15) is 0 Å². The maximum Gasteiger partial charge on any atom is 0.192 e. The SMILES string of the molecule is C#CCNC(=NCC1(C)COC1)NCC. The minimum atomic E-state index is 0.207. The Morgan fingerprint density at radius 1 is 1.53 bits per heavy atom. The number of aliphatic imine (C=N–C) groups is 1. The van der Waals surface area contributed by atoms with Gasteiger partial charge in [-0.25, -0.2) is 0 Å². The lowest BCUT2D eigenvalue weighted by molar-refractivity contribution is -0.0945. The molecule has 0 atom stereocenters. The maximum absolute atomic E-state index is 5.18. The van der Waals surface area contributed by atoms with E-state index in [1.807, 2.05) is 6.92 Å². The zero-order chi connectivity index (χ0) is 11.1. The minimum absolute atomic E-state index is 0.207. The lowest BCUT2D eigenvalue weighted by Crippen LogP contribution is -2.44. The summed E-state index contributed by atoms with van der Waals surface area (Å²) >= 11 is 0. The van der Waals surface area contributed by atoms with Crippen LogP contribution in [0.4, 0.5) is 0 Å². The highest BCUT2D eigenvalue weighted by Gasteiger charge is 2.33. The van der Waals surface area contributed by atoms with Crippen LogP contribution in [0.25, 0.3) is 0 Å². The standard InChI is InChI=1S/C11H19N3O/c1-4-6-13-10(12-5-2)14-7-11(3)8-15-9-11/h1H,5-9H2,2-3H3,(H2,12,13,14). The Morgan fingerprint density at radius 2 is 2.27 bits per heavy atom. The van der Waals surface area contributed by atoms with Gasteiger partial charge in [0, 0.05) is 12.0 Å². The van der Waals surface area contributed by atoms with Crippen LogP contribution in [0.3, 0.4) is 0 Å². The van der Waals surface area contributed by atoms with Crippen molar-refractivity contribution in [2.24, 2.45) is 10.4 Å². The molecule has 84 valence electrons. The largest absolute Gasteiger partial charge is 0.380 e. The van der Waals surface area contributed by atoms with Crippen molar-refractivity contribution < 1.29 is 4.74 Å². The van der Waals surface area contributed by atoms with Crippen LogP contribution in [0.1, 0.15) is 13.8 Å². The van der Waals surface area contributed by atoms with Crippen LogP contribution >= 0.6 is 0 Å². The van der Waals surface area contributed by atoms with Crippen LogP contribution in [0, 0.1) is 17.8 Å². The van der Waals surface area contributed by atoms with E-state index in [2.05, 4.69) is 28.5 Å². The molecule has 1 heterocycles. The predicted molar refractivity (Wildman–Crippen MR) is 61.7 cm³/mol. The van der Waals surface area contributed by atoms with Gasteiger partial charge in [0.1, 0.15) is 0 Å². The number of nitrogens with one attached hydrogen (secondary N) is 2. The van der Waals surface area contributed by atoms with Crippen molar-refractivity contribution in [2.45, 2.75) is 13.8 Å². The summed E-state index contributed by atoms with van der Waals surface area (Å²) in [6.45, 7) is 7.90. The van der Waals surface area contributed by atoms with E-state index >= 15 is 0 Å². The molecule has 0 bridgehead atoms. The number of hydrogen-bond donors (Lipinski definition) is 2. The highest BCUT2D eigenvalue weighted by molar-refractivity contribution is 5.80. The zero-order valence-electron chi connectivity index (χ0n) is 9.47. The van der Waals surface area contributed by atoms with Gasteiger partial charge >= 0.3 is 0 Å². The number of hydrogen-bond acceptors (Lipinski definition) is 2. The number of ether oxygens (including phenoxy) is 1. The molecule has 0 saturated carbocycles. The Morgan fingerprint density at radius 3 is 2.73 bits per heavy atom. The van der Waals surface area contributed by atoms with Crippen molar-refractivity contribution in [3.63, 3.8) is 0 Å². The molecule has 4 nitrogen and oxygen atoms in total. The van der Waals surface area contributed by atoms with Crippen molar-refractivity contribution in [1.82, 2.24) is 10.6 Å². The topological polar surface area (TPSA) is 45.7 Å². The summed E-state index contributed by atoms with van der Waals surface area (Å²) in [6, 6.07) is 0. The third-order valence-corrected chi connectivity index (χ3v) is 2.22. The molecule has 0 radical (unpaired) electrons. The molecule has 1 rings (SSSR count). The van der Waals surface area contributed by atoms with E-state index in [0.29, 0.717) is 6.54 Å². The quantitative estimate of drug-likeness (QED) is 0.395. The Labute approximate surface area is 91.5 Å². The highest BCUT2D eigenvalue weighted by atomic mass is 16.5. The van der Waals surface area contributed by atoms with Crippen molar-refractivity contribution in [3.8, 4) is 12.3 Å². The van der Waals surface area contributed by atoms with Gasteiger partial charge in [0.25, 0.3) is 0 Å². The molecular weight excluding hydrogens is 190 g/mol. The molecule has 1 aliphatic rings. The summed E-state index contributed by atoms with van der Waals surface area (Å²) in [6.07, 6.45) is 5.18. The van der Waals surface area contributed by atoms with Gasteiger partial charge in [-0.3, -0.25) is 4.99 Å². The van der Waals surface area contributed by atoms with E-state index in [4.69, 9.17) is 11.2 Å². The fourth-order valence-electron chi connectivity index (χ4n) is 1.29. The van der Waals surface area contributed by atoms with E-state index in [1.54, 1.807) is 0 Å². The Kier molecular flexibility index (Phi) is 4.44. The van der Waals surface area contributed by atoms with E-state index in [1.165, 1.54) is 0 Å². The number of guanidine groups is 1. The van der Waals surface area contributed by atoms with Gasteiger partial charge in [0.2, 0.25) is 0 Å². The first-order valence-corrected chi connectivity index (χ1v) is 5.23. The first kappa shape index (κ1) is 11.9. The fourth-order valence-corrected chi connectivity index (χ4v) is 1.29. The van der Waals surface area contributed by atoms with Crippen molar-refractivity contribution in [2.75, 3.05) is 32.8 Å². The van der Waals surface area contributed by atoms with Crippen molar-refractivity contribution in [1.29, 1.82) is 0 Å². The fraction of sp³-hybridized carbons (Fsp3) is 0.727. The molecule has 0 spiro atoms. The molecule has 2 N–H and O–H groups in total. The van der Waals surface area contributed by atoms with Crippen LogP contribution in [0.15, 0.2) is 4.99 Å². The molecule has 4 heteroatoms. The Balaban J connectivity index is 2.39. The third kappa shape index (κ3) is 3.80. The van der Waals surface area contributed by atoms with Crippen LogP contribution in [0.2, 0.25) is 0 Å². The van der Waals surface area contributed by atoms with Gasteiger partial charge in [-0.15, -0.1) is 6.42 Å². The molecule has 1 saturated heterocycles. The van der Waals surface area contributed by atoms with Gasteiger partial charge in [-0.1, -0.05) is 12.8 Å². The monoisotopic (exact) mass is 209 g/mol. The average Bonchev–Trinajstić information content (AvgIpc) is 2.19. The first-order chi connectivity index (χ1) is 7.20. The second kappa shape index (κ2) is 5.62. The van der Waals surface area contributed by atoms with Gasteiger partial charge in [0.05, 0.1) is 26.3 Å². The summed E-state index contributed by atoms with van der Waals surface area (Å²) < 4.78 is 5.17. The molecule has 0 aliphatic carbocycles. The van der Waals surface area contributed by atoms with Crippen LogP contribution < -0.4 is 10.6 Å². The Hall–Kier alpha value is -1.21. The highest BCUT2D eigenvalue weighted by Crippen LogP contribution is 2.26. The van der Waals surface area contributed by atoms with Gasteiger partial charge in [-0.2, -0.15) is 0 Å². The smallest absolute Gasteiger partial charge is 0.192 e. The molecule has 0 aromatic carbocycles. The molecule has 0 unspecified atom stereocenters. The molecule has 0 aromatic rings. The van der Waals surface area contributed by atoms with Gasteiger partial charge < -0.3 is 15.4 Å². The van der Waals surface area contributed by atoms with E-state index in [-0.39, 0.29) is 5.41 Å². The summed E-state index contributed by atoms with van der Waals surface area (Å²) in [4.78, 5) is 4.46. The first-order valence-electron chi connectivity index (χ1n) is 5.23. The molecule has 15 heavy (non-hydrogen) atoms. The summed E-state index contributed by atoms with van der Waals surface area (Å²) in [7, 11) is 0. The Bertz CT molecular complexity index is 263. The molecule has 0 aromatic heterocycles. The van der Waals surface area contributed by atoms with Crippen LogP contribution in [-0.2, 0) is 4.74 Å². The van der Waals surface area contributed by atoms with E-state index in [0.717, 1.165) is 32.3 Å². The summed E-state index contributed by atoms with van der Waals surface area (Å²) in [5.74, 6) is 3.31. The van der Waals surface area contributed by atoms with Crippen LogP contribution in [-0.4, -0.2) is 38.8 Å². The van der Waals surface area contributed by atoms with E-state index < -0.39 is 0 Å². The lowest BCUT2D eigenvalue weighted by atomic mass is 9.89. The molecule has 1 fully saturated rings. The van der Waals surface area contributed by atoms with Gasteiger partial charge in [-0.05, 0) is 6.92 Å². The summed E-state index contributed by atoms with van der Waals surface area (Å²) in [5, 5.41) is 6.19. The average molecular weight is 209 g/mol. The van der Waals surface area contributed by atoms with Crippen molar-refractivity contribution >= 4 is 5.96 Å². The molecular formula is C11H19N3O. The molecule has 0 amide bonds. The third-order valence-electron chi connectivity index (χ3n) is 2.22. The number of nitrogens with zero attached hydrogens (tertiary/aromatic N) is 1. The van der Waals surface area contributed by atoms with Crippen LogP contribution in [0.5, 0.6) is 0 Å². The van der Waals surface area contributed by atoms with Gasteiger partial charge in [0.15, 0.2) is 5.96 Å². The van der Waals surface area contributed by atoms with Crippen molar-refractivity contribution in [3.05, 3.63) is 0 Å². The number of rotatable bonds is 4. The summed E-state index contributed by atoms with van der Waals surface area (Å²) in [5.41, 5.74) is 0.207. The minimum Gasteiger partial charge on any atom is -0.380 e. The lowest BCUT2D eigenvalue weighted by Gasteiger charge is -2.36. The predicted octanol–water partition coefficient (Wildman–Crippen LogP) is 0.211. The second-order valence-electron chi connectivity index (χ2n) is 4.06. The number of terminal acetylenes is 1. The normalized spacial score (nSPS) is 18.9. The zero-order valence-corrected chi connectivity index (χ0v) is 9.47.